The molecule has 1 aromatic heterocycles. The minimum Gasteiger partial charge on any atom is -0.382 e. The van der Waals surface area contributed by atoms with Gasteiger partial charge in [-0.05, 0) is 18.9 Å². The molecule has 1 heterocycles. The van der Waals surface area contributed by atoms with E-state index in [1.54, 1.807) is 27.5 Å². The monoisotopic (exact) mass is 428 g/mol. The summed E-state index contributed by atoms with van der Waals surface area (Å²) in [6.45, 7) is 5.02. The molecular weight excluding hydrogens is 392 g/mol. The summed E-state index contributed by atoms with van der Waals surface area (Å²) in [5.74, 6) is 0.799. The van der Waals surface area contributed by atoms with Crippen LogP contribution in [0.5, 0.6) is 0 Å². The minimum atomic E-state index is -0.489. The highest BCUT2D eigenvalue weighted by Gasteiger charge is 2.42. The number of hydrogen-bond acceptors (Lipinski definition) is 9. The maximum atomic E-state index is 5.89. The molecule has 0 saturated heterocycles. The van der Waals surface area contributed by atoms with Crippen LogP contribution in [0.25, 0.3) is 0 Å². The molecule has 0 amide bonds. The lowest BCUT2D eigenvalue weighted by atomic mass is 9.68. The second-order valence-electron chi connectivity index (χ2n) is 7.12. The Hall–Kier alpha value is -1.20. The van der Waals surface area contributed by atoms with Crippen molar-refractivity contribution in [3.63, 3.8) is 0 Å². The van der Waals surface area contributed by atoms with E-state index in [0.29, 0.717) is 59.5 Å². The summed E-state index contributed by atoms with van der Waals surface area (Å²) in [6, 6.07) is 1.82. The number of nitrogens with zero attached hydrogens (tertiary/aromatic N) is 2. The van der Waals surface area contributed by atoms with Gasteiger partial charge >= 0.3 is 0 Å². The highest BCUT2D eigenvalue weighted by atomic mass is 16.7. The fraction of sp³-hybridized carbons (Fsp3) is 0.810. The first kappa shape index (κ1) is 25.1. The first-order valence-corrected chi connectivity index (χ1v) is 10.4. The van der Waals surface area contributed by atoms with E-state index < -0.39 is 6.29 Å². The van der Waals surface area contributed by atoms with Crippen molar-refractivity contribution in [3.05, 3.63) is 23.8 Å². The average molecular weight is 429 g/mol. The molecule has 2 rings (SSSR count). The van der Waals surface area contributed by atoms with Crippen LogP contribution in [-0.2, 0) is 38.6 Å². The van der Waals surface area contributed by atoms with Crippen LogP contribution >= 0.6 is 0 Å². The van der Waals surface area contributed by atoms with Crippen molar-refractivity contribution >= 4 is 0 Å². The van der Waals surface area contributed by atoms with Gasteiger partial charge in [-0.15, -0.1) is 0 Å². The lowest BCUT2D eigenvalue weighted by Gasteiger charge is -2.40. The molecule has 30 heavy (non-hydrogen) atoms. The summed E-state index contributed by atoms with van der Waals surface area (Å²) in [6.07, 6.45) is 4.45. The number of aromatic nitrogens is 2. The summed E-state index contributed by atoms with van der Waals surface area (Å²) < 4.78 is 37.7. The van der Waals surface area contributed by atoms with Crippen LogP contribution in [0.2, 0.25) is 0 Å². The molecule has 1 aliphatic rings. The molecule has 0 aromatic carbocycles. The van der Waals surface area contributed by atoms with Gasteiger partial charge in [0, 0.05) is 27.5 Å². The van der Waals surface area contributed by atoms with Crippen molar-refractivity contribution in [2.75, 3.05) is 80.8 Å². The molecule has 0 bridgehead atoms. The topological polar surface area (TPSA) is 90.4 Å². The Labute approximate surface area is 179 Å². The third-order valence-electron chi connectivity index (χ3n) is 5.06. The third kappa shape index (κ3) is 8.14. The molecule has 0 N–H and O–H groups in total. The lowest BCUT2D eigenvalue weighted by molar-refractivity contribution is -0.109. The molecule has 0 spiro atoms. The molecule has 0 unspecified atom stereocenters. The fourth-order valence-corrected chi connectivity index (χ4v) is 3.20. The van der Waals surface area contributed by atoms with Gasteiger partial charge in [0.25, 0.3) is 0 Å². The molecule has 9 nitrogen and oxygen atoms in total. The van der Waals surface area contributed by atoms with E-state index in [4.69, 9.17) is 33.2 Å². The van der Waals surface area contributed by atoms with Gasteiger partial charge in [-0.2, -0.15) is 0 Å². The van der Waals surface area contributed by atoms with Gasteiger partial charge in [0.05, 0.1) is 70.6 Å². The molecule has 9 heteroatoms. The smallest absolute Gasteiger partial charge is 0.200 e. The van der Waals surface area contributed by atoms with Crippen molar-refractivity contribution in [1.82, 2.24) is 9.97 Å². The van der Waals surface area contributed by atoms with Crippen molar-refractivity contribution < 1.29 is 33.2 Å². The molecule has 1 aromatic rings. The van der Waals surface area contributed by atoms with Crippen LogP contribution in [0.4, 0.5) is 0 Å². The maximum Gasteiger partial charge on any atom is 0.200 e. The summed E-state index contributed by atoms with van der Waals surface area (Å²) in [5, 5.41) is 0. The van der Waals surface area contributed by atoms with E-state index in [9.17, 15) is 0 Å². The summed E-state index contributed by atoms with van der Waals surface area (Å²) in [4.78, 5) is 9.18. The Morgan fingerprint density at radius 3 is 1.90 bits per heavy atom. The molecular formula is C21H36N2O7. The normalized spacial score (nSPS) is 15.5. The van der Waals surface area contributed by atoms with E-state index in [0.717, 1.165) is 30.8 Å². The highest BCUT2D eigenvalue weighted by Crippen LogP contribution is 2.42. The van der Waals surface area contributed by atoms with Gasteiger partial charge in [-0.25, -0.2) is 9.97 Å². The molecule has 0 atom stereocenters. The molecule has 172 valence electrons. The fourth-order valence-electron chi connectivity index (χ4n) is 3.20. The van der Waals surface area contributed by atoms with Crippen LogP contribution in [0.1, 0.15) is 37.1 Å². The second kappa shape index (κ2) is 14.7. The van der Waals surface area contributed by atoms with E-state index in [1.165, 1.54) is 0 Å². The Bertz CT molecular complexity index is 568. The van der Waals surface area contributed by atoms with Gasteiger partial charge < -0.3 is 33.2 Å². The zero-order valence-electron chi connectivity index (χ0n) is 18.5. The average Bonchev–Trinajstić information content (AvgIpc) is 2.74. The molecule has 1 saturated carbocycles. The standard InChI is InChI=1S/C21H36N2O7/c1-24-9-10-27-11-12-28-13-14-29-15-16-30-17-21(6-4-7-21)20-22-8-5-18(23-20)19(25-2)26-3/h5,8,19H,4,6-7,9-17H2,1-3H3. The van der Waals surface area contributed by atoms with Crippen LogP contribution in [0.3, 0.4) is 0 Å². The quantitative estimate of drug-likeness (QED) is 0.257. The van der Waals surface area contributed by atoms with Crippen LogP contribution in [0.15, 0.2) is 12.3 Å². The predicted molar refractivity (Wildman–Crippen MR) is 109 cm³/mol. The minimum absolute atomic E-state index is 0.131. The number of rotatable bonds is 18. The number of hydrogen-bond donors (Lipinski definition) is 0. The zero-order valence-corrected chi connectivity index (χ0v) is 18.5. The SMILES string of the molecule is COCCOCCOCCOCCOCC1(c2nccc(C(OC)OC)n2)CCC1. The summed E-state index contributed by atoms with van der Waals surface area (Å²) >= 11 is 0. The van der Waals surface area contributed by atoms with Gasteiger partial charge in [0.1, 0.15) is 5.82 Å². The van der Waals surface area contributed by atoms with Crippen LogP contribution in [-0.4, -0.2) is 90.8 Å². The molecule has 0 aliphatic heterocycles. The van der Waals surface area contributed by atoms with Crippen molar-refractivity contribution in [2.45, 2.75) is 31.0 Å². The third-order valence-corrected chi connectivity index (χ3v) is 5.06. The summed E-state index contributed by atoms with van der Waals surface area (Å²) in [7, 11) is 4.85. The molecule has 1 aliphatic carbocycles. The predicted octanol–water partition coefficient (Wildman–Crippen LogP) is 1.90. The van der Waals surface area contributed by atoms with Crippen molar-refractivity contribution in [2.24, 2.45) is 0 Å². The summed E-state index contributed by atoms with van der Waals surface area (Å²) in [5.41, 5.74) is 0.595. The Morgan fingerprint density at radius 1 is 0.833 bits per heavy atom. The number of ether oxygens (including phenoxy) is 7. The largest absolute Gasteiger partial charge is 0.382 e. The van der Waals surface area contributed by atoms with Gasteiger partial charge in [0.2, 0.25) is 6.29 Å². The van der Waals surface area contributed by atoms with Gasteiger partial charge in [-0.3, -0.25) is 0 Å². The van der Waals surface area contributed by atoms with E-state index in [1.807, 2.05) is 6.07 Å². The maximum absolute atomic E-state index is 5.89. The van der Waals surface area contributed by atoms with E-state index >= 15 is 0 Å². The van der Waals surface area contributed by atoms with Gasteiger partial charge in [0.15, 0.2) is 0 Å². The Balaban J connectivity index is 1.59. The van der Waals surface area contributed by atoms with Crippen molar-refractivity contribution in [1.29, 1.82) is 0 Å². The molecule has 0 radical (unpaired) electrons. The molecule has 1 fully saturated rings. The van der Waals surface area contributed by atoms with Crippen molar-refractivity contribution in [3.8, 4) is 0 Å². The first-order valence-electron chi connectivity index (χ1n) is 10.4. The second-order valence-corrected chi connectivity index (χ2v) is 7.12. The first-order chi connectivity index (χ1) is 14.8. The number of methoxy groups -OCH3 is 3. The van der Waals surface area contributed by atoms with Gasteiger partial charge in [-0.1, -0.05) is 6.42 Å². The van der Waals surface area contributed by atoms with E-state index in [2.05, 4.69) is 9.97 Å². The Kier molecular flexibility index (Phi) is 12.3. The Morgan fingerprint density at radius 2 is 1.40 bits per heavy atom. The van der Waals surface area contributed by atoms with E-state index in [-0.39, 0.29) is 5.41 Å². The highest BCUT2D eigenvalue weighted by molar-refractivity contribution is 5.16. The van der Waals surface area contributed by atoms with Crippen LogP contribution in [0, 0.1) is 0 Å². The lowest BCUT2D eigenvalue weighted by Crippen LogP contribution is -2.41. The van der Waals surface area contributed by atoms with Crippen LogP contribution < -0.4 is 0 Å². The zero-order chi connectivity index (χ0) is 21.5.